The molecule has 6 heteroatoms. The monoisotopic (exact) mass is 296 g/mol. The maximum Gasteiger partial charge on any atom is 0.407 e. The van der Waals surface area contributed by atoms with Gasteiger partial charge in [0, 0.05) is 12.7 Å². The molecule has 0 aliphatic rings. The van der Waals surface area contributed by atoms with Gasteiger partial charge in [0.25, 0.3) is 0 Å². The van der Waals surface area contributed by atoms with Gasteiger partial charge in [-0.25, -0.2) is 4.79 Å². The Hall–Kier alpha value is -1.66. The van der Waals surface area contributed by atoms with Gasteiger partial charge in [0.1, 0.15) is 17.8 Å². The Morgan fingerprint density at radius 3 is 2.52 bits per heavy atom. The standard InChI is InChI=1S/C15H24N2O4/c1-9-6-10(2)12(16-7-9)13(19)11(18)8-17-14(20)21-15(3,4)5/h6-7,11,13,18-19H,8H2,1-5H3,(H,17,20). The third-order valence-electron chi connectivity index (χ3n) is 2.75. The zero-order valence-electron chi connectivity index (χ0n) is 13.2. The fourth-order valence-electron chi connectivity index (χ4n) is 1.83. The molecule has 21 heavy (non-hydrogen) atoms. The Morgan fingerprint density at radius 1 is 1.38 bits per heavy atom. The Labute approximate surface area is 125 Å². The number of hydrogen-bond donors (Lipinski definition) is 3. The van der Waals surface area contributed by atoms with E-state index in [1.54, 1.807) is 27.0 Å². The van der Waals surface area contributed by atoms with Crippen LogP contribution in [0.2, 0.25) is 0 Å². The van der Waals surface area contributed by atoms with Crippen LogP contribution in [0.4, 0.5) is 4.79 Å². The first-order valence-electron chi connectivity index (χ1n) is 6.86. The van der Waals surface area contributed by atoms with Crippen LogP contribution in [0.1, 0.15) is 43.7 Å². The highest BCUT2D eigenvalue weighted by Crippen LogP contribution is 2.19. The van der Waals surface area contributed by atoms with Crippen molar-refractivity contribution in [2.45, 2.75) is 52.4 Å². The van der Waals surface area contributed by atoms with Gasteiger partial charge >= 0.3 is 6.09 Å². The summed E-state index contributed by atoms with van der Waals surface area (Å²) in [5.74, 6) is 0. The molecule has 1 aromatic heterocycles. The first-order valence-corrected chi connectivity index (χ1v) is 6.86. The van der Waals surface area contributed by atoms with Crippen molar-refractivity contribution in [1.29, 1.82) is 0 Å². The average molecular weight is 296 g/mol. The highest BCUT2D eigenvalue weighted by molar-refractivity contribution is 5.67. The molecule has 3 N–H and O–H groups in total. The quantitative estimate of drug-likeness (QED) is 0.785. The lowest BCUT2D eigenvalue weighted by Gasteiger charge is -2.22. The number of aryl methyl sites for hydroxylation is 2. The number of pyridine rings is 1. The van der Waals surface area contributed by atoms with Crippen LogP contribution in [-0.4, -0.2) is 39.5 Å². The van der Waals surface area contributed by atoms with E-state index in [9.17, 15) is 15.0 Å². The van der Waals surface area contributed by atoms with Crippen LogP contribution in [0.25, 0.3) is 0 Å². The second-order valence-corrected chi connectivity index (χ2v) is 6.11. The van der Waals surface area contributed by atoms with Crippen LogP contribution in [0.15, 0.2) is 12.3 Å². The highest BCUT2D eigenvalue weighted by Gasteiger charge is 2.23. The van der Waals surface area contributed by atoms with Crippen molar-refractivity contribution < 1.29 is 19.7 Å². The predicted octanol–water partition coefficient (Wildman–Crippen LogP) is 1.62. The van der Waals surface area contributed by atoms with Crippen molar-refractivity contribution in [3.63, 3.8) is 0 Å². The molecule has 0 bridgehead atoms. The lowest BCUT2D eigenvalue weighted by Crippen LogP contribution is -2.39. The first kappa shape index (κ1) is 17.4. The number of amides is 1. The maximum atomic E-state index is 11.5. The van der Waals surface area contributed by atoms with Gasteiger partial charge in [-0.2, -0.15) is 0 Å². The SMILES string of the molecule is Cc1cnc(C(O)C(O)CNC(=O)OC(C)(C)C)c(C)c1. The summed E-state index contributed by atoms with van der Waals surface area (Å²) in [4.78, 5) is 15.6. The van der Waals surface area contributed by atoms with Crippen molar-refractivity contribution in [2.24, 2.45) is 0 Å². The Bertz CT molecular complexity index is 497. The maximum absolute atomic E-state index is 11.5. The molecule has 1 amide bonds. The van der Waals surface area contributed by atoms with Crippen LogP contribution < -0.4 is 5.32 Å². The van der Waals surface area contributed by atoms with E-state index in [4.69, 9.17) is 4.74 Å². The van der Waals surface area contributed by atoms with Crippen LogP contribution >= 0.6 is 0 Å². The van der Waals surface area contributed by atoms with Crippen molar-refractivity contribution in [2.75, 3.05) is 6.54 Å². The van der Waals surface area contributed by atoms with Gasteiger partial charge in [-0.05, 0) is 45.7 Å². The molecule has 6 nitrogen and oxygen atoms in total. The summed E-state index contributed by atoms with van der Waals surface area (Å²) in [6, 6.07) is 1.87. The van der Waals surface area contributed by atoms with Gasteiger partial charge in [-0.15, -0.1) is 0 Å². The largest absolute Gasteiger partial charge is 0.444 e. The molecule has 118 valence electrons. The number of hydrogen-bond acceptors (Lipinski definition) is 5. The summed E-state index contributed by atoms with van der Waals surface area (Å²) in [5, 5.41) is 22.5. The molecule has 2 unspecified atom stereocenters. The zero-order chi connectivity index (χ0) is 16.2. The van der Waals surface area contributed by atoms with Gasteiger partial charge in [-0.1, -0.05) is 6.07 Å². The van der Waals surface area contributed by atoms with Crippen molar-refractivity contribution >= 4 is 6.09 Å². The number of carbonyl (C=O) groups excluding carboxylic acids is 1. The summed E-state index contributed by atoms with van der Waals surface area (Å²) < 4.78 is 5.05. The van der Waals surface area contributed by atoms with Crippen molar-refractivity contribution in [3.8, 4) is 0 Å². The Morgan fingerprint density at radius 2 is 2.00 bits per heavy atom. The lowest BCUT2D eigenvalue weighted by atomic mass is 10.0. The van der Waals surface area contributed by atoms with E-state index in [1.807, 2.05) is 19.9 Å². The molecule has 0 aliphatic carbocycles. The lowest BCUT2D eigenvalue weighted by molar-refractivity contribution is 0.0105. The normalized spacial score (nSPS) is 14.4. The van der Waals surface area contributed by atoms with E-state index in [-0.39, 0.29) is 6.54 Å². The van der Waals surface area contributed by atoms with Gasteiger partial charge < -0.3 is 20.3 Å². The van der Waals surface area contributed by atoms with Crippen LogP contribution in [-0.2, 0) is 4.74 Å². The minimum Gasteiger partial charge on any atom is -0.444 e. The number of aliphatic hydroxyl groups excluding tert-OH is 2. The van der Waals surface area contributed by atoms with E-state index < -0.39 is 23.9 Å². The molecule has 0 aliphatic heterocycles. The van der Waals surface area contributed by atoms with E-state index >= 15 is 0 Å². The Balaban J connectivity index is 2.59. The fraction of sp³-hybridized carbons (Fsp3) is 0.600. The summed E-state index contributed by atoms with van der Waals surface area (Å²) >= 11 is 0. The summed E-state index contributed by atoms with van der Waals surface area (Å²) in [6.45, 7) is 8.83. The minimum absolute atomic E-state index is 0.120. The number of nitrogens with zero attached hydrogens (tertiary/aromatic N) is 1. The number of alkyl carbamates (subject to hydrolysis) is 1. The number of aromatic nitrogens is 1. The van der Waals surface area contributed by atoms with Gasteiger partial charge in [0.2, 0.25) is 0 Å². The van der Waals surface area contributed by atoms with Gasteiger partial charge in [-0.3, -0.25) is 4.98 Å². The zero-order valence-corrected chi connectivity index (χ0v) is 13.2. The van der Waals surface area contributed by atoms with Crippen LogP contribution in [0, 0.1) is 13.8 Å². The molecule has 0 spiro atoms. The van der Waals surface area contributed by atoms with E-state index in [0.29, 0.717) is 5.69 Å². The van der Waals surface area contributed by atoms with Crippen LogP contribution in [0.5, 0.6) is 0 Å². The summed E-state index contributed by atoms with van der Waals surface area (Å²) in [6.07, 6.45) is -1.34. The first-order chi connectivity index (χ1) is 9.60. The molecule has 2 atom stereocenters. The van der Waals surface area contributed by atoms with Gasteiger partial charge in [0.15, 0.2) is 0 Å². The van der Waals surface area contributed by atoms with Crippen LogP contribution in [0.3, 0.4) is 0 Å². The average Bonchev–Trinajstić information content (AvgIpc) is 2.33. The molecule has 0 radical (unpaired) electrons. The Kier molecular flexibility index (Phi) is 5.69. The molecule has 1 heterocycles. The summed E-state index contributed by atoms with van der Waals surface area (Å²) in [7, 11) is 0. The topological polar surface area (TPSA) is 91.7 Å². The number of ether oxygens (including phenoxy) is 1. The molecule has 0 saturated carbocycles. The minimum atomic E-state index is -1.17. The molecule has 1 aromatic rings. The summed E-state index contributed by atoms with van der Waals surface area (Å²) in [5.41, 5.74) is 1.56. The second-order valence-electron chi connectivity index (χ2n) is 6.11. The van der Waals surface area contributed by atoms with Crippen molar-refractivity contribution in [3.05, 3.63) is 29.1 Å². The molecular formula is C15H24N2O4. The smallest absolute Gasteiger partial charge is 0.407 e. The fourth-order valence-corrected chi connectivity index (χ4v) is 1.83. The molecule has 0 saturated heterocycles. The molecule has 1 rings (SSSR count). The number of nitrogens with one attached hydrogen (secondary N) is 1. The highest BCUT2D eigenvalue weighted by atomic mass is 16.6. The number of aliphatic hydroxyl groups is 2. The molecular weight excluding hydrogens is 272 g/mol. The van der Waals surface area contributed by atoms with Crippen molar-refractivity contribution in [1.82, 2.24) is 10.3 Å². The third kappa shape index (κ3) is 5.69. The molecule has 0 fully saturated rings. The third-order valence-corrected chi connectivity index (χ3v) is 2.75. The van der Waals surface area contributed by atoms with Gasteiger partial charge in [0.05, 0.1) is 5.69 Å². The number of rotatable bonds is 4. The molecule has 0 aromatic carbocycles. The number of carbonyl (C=O) groups is 1. The second kappa shape index (κ2) is 6.87. The van der Waals surface area contributed by atoms with E-state index in [1.165, 1.54) is 0 Å². The predicted molar refractivity (Wildman–Crippen MR) is 78.9 cm³/mol. The van der Waals surface area contributed by atoms with E-state index in [2.05, 4.69) is 10.3 Å². The van der Waals surface area contributed by atoms with E-state index in [0.717, 1.165) is 11.1 Å².